The number of halogens is 1. The molecule has 3 aliphatic rings. The molecule has 6 rings (SSSR count). The van der Waals surface area contributed by atoms with E-state index in [0.717, 1.165) is 12.0 Å². The summed E-state index contributed by atoms with van der Waals surface area (Å²) in [6.45, 7) is 9.03. The predicted molar refractivity (Wildman–Crippen MR) is 167 cm³/mol. The number of esters is 1. The number of benzene rings is 3. The summed E-state index contributed by atoms with van der Waals surface area (Å²) in [5.41, 5.74) is 2.01. The molecule has 0 radical (unpaired) electrons. The zero-order valence-electron chi connectivity index (χ0n) is 25.1. The van der Waals surface area contributed by atoms with Crippen LogP contribution < -0.4 is 15.3 Å². The Morgan fingerprint density at radius 2 is 1.65 bits per heavy atom. The van der Waals surface area contributed by atoms with Gasteiger partial charge >= 0.3 is 12.1 Å². The van der Waals surface area contributed by atoms with Crippen LogP contribution in [0.1, 0.15) is 39.7 Å². The lowest BCUT2D eigenvalue weighted by molar-refractivity contribution is -0.143. The third-order valence-electron chi connectivity index (χ3n) is 9.11. The summed E-state index contributed by atoms with van der Waals surface area (Å²) in [4.78, 5) is 24.8. The van der Waals surface area contributed by atoms with Crippen LogP contribution in [0.2, 0.25) is 5.04 Å². The Balaban J connectivity index is 1.16. The number of ether oxygens (including phenoxy) is 2. The Bertz CT molecular complexity index is 1500. The Morgan fingerprint density at radius 1 is 1.00 bits per heavy atom. The monoisotopic (exact) mass is 599 g/mol. The maximum atomic E-state index is 15.4. The van der Waals surface area contributed by atoms with Gasteiger partial charge in [0.25, 0.3) is 8.32 Å². The lowest BCUT2D eigenvalue weighted by Gasteiger charge is -2.43. The quantitative estimate of drug-likeness (QED) is 0.225. The molecule has 4 atom stereocenters. The predicted octanol–water partition coefficient (Wildman–Crippen LogP) is 5.94. The van der Waals surface area contributed by atoms with Gasteiger partial charge in [0.15, 0.2) is 6.10 Å². The first-order valence-corrected chi connectivity index (χ1v) is 16.9. The highest BCUT2D eigenvalue weighted by Gasteiger charge is 2.56. The molecule has 1 aliphatic heterocycles. The minimum Gasteiger partial charge on any atom is -0.462 e. The third-order valence-corrected chi connectivity index (χ3v) is 14.1. The van der Waals surface area contributed by atoms with Crippen molar-refractivity contribution in [2.75, 3.05) is 24.7 Å². The molecule has 1 saturated carbocycles. The van der Waals surface area contributed by atoms with Crippen LogP contribution in [0, 0.1) is 23.6 Å². The van der Waals surface area contributed by atoms with Gasteiger partial charge in [-0.3, -0.25) is 9.69 Å². The maximum Gasteiger partial charge on any atom is 0.414 e. The van der Waals surface area contributed by atoms with Crippen molar-refractivity contribution in [3.8, 4) is 0 Å². The highest BCUT2D eigenvalue weighted by molar-refractivity contribution is 6.99. The molecule has 0 bridgehead atoms. The molecule has 0 aromatic heterocycles. The van der Waals surface area contributed by atoms with Crippen molar-refractivity contribution < 1.29 is 27.9 Å². The molecule has 224 valence electrons. The molecular formula is C35H38FNO5Si. The molecule has 1 unspecified atom stereocenters. The van der Waals surface area contributed by atoms with E-state index in [9.17, 15) is 9.59 Å². The fourth-order valence-corrected chi connectivity index (χ4v) is 11.5. The molecule has 2 fully saturated rings. The van der Waals surface area contributed by atoms with Crippen molar-refractivity contribution in [3.63, 3.8) is 0 Å². The largest absolute Gasteiger partial charge is 0.462 e. The molecule has 0 N–H and O–H groups in total. The Kier molecular flexibility index (Phi) is 7.77. The van der Waals surface area contributed by atoms with E-state index in [1.165, 1.54) is 28.3 Å². The number of rotatable bonds is 9. The second-order valence-corrected chi connectivity index (χ2v) is 17.2. The van der Waals surface area contributed by atoms with E-state index in [4.69, 9.17) is 13.9 Å². The number of hydrogen-bond acceptors (Lipinski definition) is 5. The van der Waals surface area contributed by atoms with E-state index >= 15 is 4.39 Å². The van der Waals surface area contributed by atoms with E-state index in [-0.39, 0.29) is 24.0 Å². The topological polar surface area (TPSA) is 65.1 Å². The van der Waals surface area contributed by atoms with Crippen LogP contribution in [0.5, 0.6) is 0 Å². The molecule has 1 amide bonds. The van der Waals surface area contributed by atoms with Crippen LogP contribution >= 0.6 is 0 Å². The van der Waals surface area contributed by atoms with Crippen molar-refractivity contribution in [2.45, 2.75) is 45.3 Å². The van der Waals surface area contributed by atoms with Gasteiger partial charge < -0.3 is 13.9 Å². The molecule has 3 aromatic carbocycles. The molecular weight excluding hydrogens is 561 g/mol. The van der Waals surface area contributed by atoms with Gasteiger partial charge in [-0.25, -0.2) is 9.18 Å². The van der Waals surface area contributed by atoms with E-state index in [2.05, 4.69) is 87.5 Å². The molecule has 1 heterocycles. The van der Waals surface area contributed by atoms with Crippen LogP contribution in [-0.4, -0.2) is 46.2 Å². The number of fused-ring (bicyclic) bond motifs is 1. The molecule has 6 nitrogen and oxygen atoms in total. The number of cyclic esters (lactones) is 1. The minimum atomic E-state index is -2.60. The molecule has 8 heteroatoms. The number of nitrogens with zero attached hydrogens (tertiary/aromatic N) is 1. The normalized spacial score (nSPS) is 23.0. The van der Waals surface area contributed by atoms with Crippen molar-refractivity contribution in [1.29, 1.82) is 0 Å². The number of allylic oxidation sites excluding steroid dienone is 2. The average molecular weight is 600 g/mol. The van der Waals surface area contributed by atoms with Crippen LogP contribution in [0.3, 0.4) is 0 Å². The van der Waals surface area contributed by atoms with Gasteiger partial charge in [-0.05, 0) is 63.4 Å². The molecule has 0 spiro atoms. The van der Waals surface area contributed by atoms with Gasteiger partial charge in [-0.15, -0.1) is 0 Å². The van der Waals surface area contributed by atoms with Crippen LogP contribution in [0.15, 0.2) is 84.9 Å². The summed E-state index contributed by atoms with van der Waals surface area (Å²) in [6, 6.07) is 26.3. The minimum absolute atomic E-state index is 0.0191. The second-order valence-electron chi connectivity index (χ2n) is 12.9. The van der Waals surface area contributed by atoms with Crippen LogP contribution in [0.4, 0.5) is 14.9 Å². The lowest BCUT2D eigenvalue weighted by atomic mass is 10.00. The standard InChI is InChI=1S/C35H38FNO5Si/c1-23(38)40-21-26-20-37(34(39)42-26)25-15-16-29(33(36)19-25)24-17-30-31(18-24)32(30)22-41-43(35(2,3)4,27-11-7-5-8-12-27)28-13-9-6-10-14-28/h5-17,19,26,30-32H,18,20-22H2,1-4H3/t26?,30-,31+,32+/m0/s1. The van der Waals surface area contributed by atoms with Gasteiger partial charge in [0.2, 0.25) is 0 Å². The van der Waals surface area contributed by atoms with E-state index in [0.29, 0.717) is 35.6 Å². The van der Waals surface area contributed by atoms with Gasteiger partial charge in [-0.2, -0.15) is 0 Å². The first-order valence-electron chi connectivity index (χ1n) is 15.0. The zero-order chi connectivity index (χ0) is 30.4. The summed E-state index contributed by atoms with van der Waals surface area (Å²) in [7, 11) is -2.60. The van der Waals surface area contributed by atoms with Crippen molar-refractivity contribution in [1.82, 2.24) is 0 Å². The van der Waals surface area contributed by atoms with Crippen LogP contribution in [-0.2, 0) is 18.7 Å². The molecule has 2 aliphatic carbocycles. The first kappa shape index (κ1) is 29.3. The Hall–Kier alpha value is -3.75. The third kappa shape index (κ3) is 5.54. The highest BCUT2D eigenvalue weighted by atomic mass is 28.4. The van der Waals surface area contributed by atoms with Gasteiger partial charge in [0.1, 0.15) is 12.4 Å². The summed E-state index contributed by atoms with van der Waals surface area (Å²) >= 11 is 0. The zero-order valence-corrected chi connectivity index (χ0v) is 26.1. The number of hydrogen-bond donors (Lipinski definition) is 0. The van der Waals surface area contributed by atoms with Gasteiger partial charge in [0.05, 0.1) is 12.2 Å². The summed E-state index contributed by atoms with van der Waals surface area (Å²) in [5.74, 6) is 0.443. The first-order chi connectivity index (χ1) is 20.6. The van der Waals surface area contributed by atoms with Gasteiger partial charge in [0, 0.05) is 19.1 Å². The number of carbonyl (C=O) groups excluding carboxylic acids is 2. The smallest absolute Gasteiger partial charge is 0.414 e. The van der Waals surface area contributed by atoms with Gasteiger partial charge in [-0.1, -0.05) is 87.5 Å². The Morgan fingerprint density at radius 3 is 2.19 bits per heavy atom. The number of amides is 1. The second kappa shape index (κ2) is 11.4. The molecule has 3 aromatic rings. The van der Waals surface area contributed by atoms with E-state index in [1.807, 2.05) is 0 Å². The molecule has 43 heavy (non-hydrogen) atoms. The van der Waals surface area contributed by atoms with Crippen molar-refractivity contribution >= 4 is 42.0 Å². The number of anilines is 1. The fourth-order valence-electron chi connectivity index (χ4n) is 6.94. The van der Waals surface area contributed by atoms with Crippen LogP contribution in [0.25, 0.3) is 5.57 Å². The highest BCUT2D eigenvalue weighted by Crippen LogP contribution is 2.58. The van der Waals surface area contributed by atoms with Crippen molar-refractivity contribution in [3.05, 3.63) is 96.3 Å². The SMILES string of the molecule is CC(=O)OCC1CN(c2ccc(C3=C[C@@H]4[C@@H](CO[Si](c5ccccc5)(c5ccccc5)C(C)(C)C)[C@@H]4C3)c(F)c2)C(=O)O1. The lowest BCUT2D eigenvalue weighted by Crippen LogP contribution is -2.66. The van der Waals surface area contributed by atoms with Crippen molar-refractivity contribution in [2.24, 2.45) is 17.8 Å². The fraction of sp³-hybridized carbons (Fsp3) is 0.371. The number of carbonyl (C=O) groups is 2. The summed E-state index contributed by atoms with van der Waals surface area (Å²) in [5, 5.41) is 2.48. The van der Waals surface area contributed by atoms with E-state index < -0.39 is 26.5 Å². The average Bonchev–Trinajstić information content (AvgIpc) is 3.27. The Labute approximate surface area is 253 Å². The van der Waals surface area contributed by atoms with E-state index in [1.54, 1.807) is 12.1 Å². The molecule has 1 saturated heterocycles. The summed E-state index contributed by atoms with van der Waals surface area (Å²) < 4.78 is 32.8. The summed E-state index contributed by atoms with van der Waals surface area (Å²) in [6.07, 6.45) is 1.88. The maximum absolute atomic E-state index is 15.4.